The maximum absolute atomic E-state index is 13.7. The van der Waals surface area contributed by atoms with E-state index in [4.69, 9.17) is 4.74 Å². The highest BCUT2D eigenvalue weighted by atomic mass is 32.1. The van der Waals surface area contributed by atoms with E-state index in [2.05, 4.69) is 23.7 Å². The number of unbranched alkanes of at least 4 members (excludes halogenated alkanes) is 1. The van der Waals surface area contributed by atoms with Crippen molar-refractivity contribution in [1.29, 1.82) is 0 Å². The predicted octanol–water partition coefficient (Wildman–Crippen LogP) is 7.22. The number of methoxy groups -OCH3 is 1. The molecule has 0 saturated heterocycles. The van der Waals surface area contributed by atoms with E-state index in [9.17, 15) is 9.18 Å². The van der Waals surface area contributed by atoms with Gasteiger partial charge in [-0.15, -0.1) is 11.3 Å². The second-order valence-electron chi connectivity index (χ2n) is 7.34. The average Bonchev–Trinajstić information content (AvgIpc) is 3.24. The molecule has 0 atom stereocenters. The highest BCUT2D eigenvalue weighted by Crippen LogP contribution is 2.48. The summed E-state index contributed by atoms with van der Waals surface area (Å²) >= 11 is 1.54. The van der Waals surface area contributed by atoms with E-state index < -0.39 is 5.97 Å². The van der Waals surface area contributed by atoms with Crippen LogP contribution in [-0.2, 0) is 4.74 Å². The van der Waals surface area contributed by atoms with Crippen LogP contribution in [0.15, 0.2) is 73.1 Å². The third-order valence-corrected chi connectivity index (χ3v) is 6.32. The monoisotopic (exact) mass is 455 g/mol. The molecule has 5 heteroatoms. The van der Waals surface area contributed by atoms with Gasteiger partial charge in [0.25, 0.3) is 0 Å². The van der Waals surface area contributed by atoms with Gasteiger partial charge in [-0.3, -0.25) is 4.98 Å². The third-order valence-electron chi connectivity index (χ3n) is 5.16. The summed E-state index contributed by atoms with van der Waals surface area (Å²) in [6.07, 6.45) is 5.20. The fourth-order valence-electron chi connectivity index (χ4n) is 3.63. The van der Waals surface area contributed by atoms with Gasteiger partial charge in [-0.05, 0) is 53.4 Å². The molecule has 2 heterocycles. The Bertz CT molecular complexity index is 1330. The minimum atomic E-state index is -0.409. The van der Waals surface area contributed by atoms with Crippen LogP contribution in [0.1, 0.15) is 35.0 Å². The molecule has 0 radical (unpaired) electrons. The summed E-state index contributed by atoms with van der Waals surface area (Å²) in [5.41, 5.74) is 4.85. The summed E-state index contributed by atoms with van der Waals surface area (Å²) in [5.74, 6) is 5.88. The van der Waals surface area contributed by atoms with Crippen LogP contribution in [0.4, 0.5) is 4.39 Å². The normalized spacial score (nSPS) is 10.4. The van der Waals surface area contributed by atoms with E-state index in [0.717, 1.165) is 50.4 Å². The molecule has 0 saturated carbocycles. The fraction of sp³-hybridized carbons (Fsp3) is 0.143. The number of thiophene rings is 1. The SMILES string of the molecule is CCCC#Cc1sc(-c2ccc(F)cc2)c(-c2ccncc2)c1-c1ccccc1C(=O)OC. The van der Waals surface area contributed by atoms with Crippen LogP contribution in [-0.4, -0.2) is 18.1 Å². The van der Waals surface area contributed by atoms with E-state index in [1.807, 2.05) is 30.3 Å². The first-order valence-corrected chi connectivity index (χ1v) is 11.5. The molecule has 164 valence electrons. The number of hydrogen-bond donors (Lipinski definition) is 0. The number of aromatic nitrogens is 1. The third kappa shape index (κ3) is 4.72. The van der Waals surface area contributed by atoms with Crippen LogP contribution in [0.25, 0.3) is 32.7 Å². The lowest BCUT2D eigenvalue weighted by atomic mass is 9.91. The van der Waals surface area contributed by atoms with Gasteiger partial charge in [0.2, 0.25) is 0 Å². The number of ether oxygens (including phenoxy) is 1. The van der Waals surface area contributed by atoms with Crippen molar-refractivity contribution in [2.75, 3.05) is 7.11 Å². The van der Waals surface area contributed by atoms with Gasteiger partial charge in [0.15, 0.2) is 0 Å². The molecule has 0 aliphatic heterocycles. The number of rotatable bonds is 5. The van der Waals surface area contributed by atoms with Crippen molar-refractivity contribution in [3.8, 4) is 44.5 Å². The number of benzene rings is 2. The van der Waals surface area contributed by atoms with E-state index in [0.29, 0.717) is 5.56 Å². The molecule has 2 aromatic carbocycles. The zero-order valence-electron chi connectivity index (χ0n) is 18.4. The average molecular weight is 456 g/mol. The predicted molar refractivity (Wildman–Crippen MR) is 132 cm³/mol. The Labute approximate surface area is 196 Å². The van der Waals surface area contributed by atoms with Gasteiger partial charge in [-0.2, -0.15) is 0 Å². The molecule has 4 rings (SSSR count). The molecule has 0 N–H and O–H groups in total. The number of pyridine rings is 1. The first-order chi connectivity index (χ1) is 16.1. The van der Waals surface area contributed by atoms with Crippen LogP contribution in [0, 0.1) is 17.7 Å². The van der Waals surface area contributed by atoms with Crippen LogP contribution >= 0.6 is 11.3 Å². The smallest absolute Gasteiger partial charge is 0.338 e. The quantitative estimate of drug-likeness (QED) is 0.236. The Kier molecular flexibility index (Phi) is 6.97. The molecule has 0 fully saturated rings. The number of nitrogens with zero attached hydrogens (tertiary/aromatic N) is 1. The molecule has 0 aliphatic carbocycles. The zero-order chi connectivity index (χ0) is 23.2. The van der Waals surface area contributed by atoms with Crippen LogP contribution in [0.5, 0.6) is 0 Å². The summed E-state index contributed by atoms with van der Waals surface area (Å²) in [4.78, 5) is 18.6. The first kappa shape index (κ1) is 22.4. The summed E-state index contributed by atoms with van der Waals surface area (Å²) in [6.45, 7) is 2.09. The summed E-state index contributed by atoms with van der Waals surface area (Å²) in [5, 5.41) is 0. The molecule has 0 bridgehead atoms. The molecule has 0 spiro atoms. The maximum atomic E-state index is 13.7. The van der Waals surface area contributed by atoms with Crippen molar-refractivity contribution in [1.82, 2.24) is 4.98 Å². The van der Waals surface area contributed by atoms with Crippen molar-refractivity contribution in [3.05, 3.63) is 89.3 Å². The van der Waals surface area contributed by atoms with Crippen molar-refractivity contribution in [2.24, 2.45) is 0 Å². The summed E-state index contributed by atoms with van der Waals surface area (Å²) in [7, 11) is 1.38. The molecule has 4 aromatic rings. The molecular formula is C28H22FNO2S. The minimum absolute atomic E-state index is 0.292. The fourth-order valence-corrected chi connectivity index (χ4v) is 4.85. The minimum Gasteiger partial charge on any atom is -0.465 e. The zero-order valence-corrected chi connectivity index (χ0v) is 19.2. The van der Waals surface area contributed by atoms with Crippen LogP contribution < -0.4 is 0 Å². The molecule has 0 aliphatic rings. The van der Waals surface area contributed by atoms with Crippen LogP contribution in [0.2, 0.25) is 0 Å². The summed E-state index contributed by atoms with van der Waals surface area (Å²) in [6, 6.07) is 17.7. The number of hydrogen-bond acceptors (Lipinski definition) is 4. The lowest BCUT2D eigenvalue weighted by Crippen LogP contribution is -2.03. The van der Waals surface area contributed by atoms with Gasteiger partial charge in [0, 0.05) is 34.8 Å². The highest BCUT2D eigenvalue weighted by molar-refractivity contribution is 7.17. The summed E-state index contributed by atoms with van der Waals surface area (Å²) < 4.78 is 18.7. The van der Waals surface area contributed by atoms with E-state index in [1.165, 1.54) is 19.2 Å². The standard InChI is InChI=1S/C28H22FNO2S/c1-3-4-5-10-24-26(22-8-6-7-9-23(22)28(31)32-2)25(19-15-17-30-18-16-19)27(33-24)20-11-13-21(29)14-12-20/h6-9,11-18H,3-4H2,1-2H3. The molecular weight excluding hydrogens is 433 g/mol. The molecule has 33 heavy (non-hydrogen) atoms. The number of carbonyl (C=O) groups is 1. The van der Waals surface area contributed by atoms with Gasteiger partial charge in [-0.25, -0.2) is 9.18 Å². The maximum Gasteiger partial charge on any atom is 0.338 e. The van der Waals surface area contributed by atoms with Crippen molar-refractivity contribution >= 4 is 17.3 Å². The topological polar surface area (TPSA) is 39.2 Å². The molecule has 3 nitrogen and oxygen atoms in total. The largest absolute Gasteiger partial charge is 0.465 e. The van der Waals surface area contributed by atoms with E-state index >= 15 is 0 Å². The molecule has 0 unspecified atom stereocenters. The Balaban J connectivity index is 2.09. The second kappa shape index (κ2) is 10.2. The number of esters is 1. The Hall–Kier alpha value is -3.75. The lowest BCUT2D eigenvalue weighted by Gasteiger charge is -2.12. The van der Waals surface area contributed by atoms with E-state index in [-0.39, 0.29) is 5.82 Å². The Morgan fingerprint density at radius 1 is 1.00 bits per heavy atom. The van der Waals surface area contributed by atoms with Crippen molar-refractivity contribution in [2.45, 2.75) is 19.8 Å². The first-order valence-electron chi connectivity index (χ1n) is 10.6. The number of halogens is 1. The van der Waals surface area contributed by atoms with Gasteiger partial charge < -0.3 is 4.74 Å². The molecule has 0 amide bonds. The molecule has 2 aromatic heterocycles. The Morgan fingerprint density at radius 3 is 2.42 bits per heavy atom. The second-order valence-corrected chi connectivity index (χ2v) is 8.36. The van der Waals surface area contributed by atoms with Crippen molar-refractivity contribution < 1.29 is 13.9 Å². The Morgan fingerprint density at radius 2 is 1.73 bits per heavy atom. The van der Waals surface area contributed by atoms with Crippen LogP contribution in [0.3, 0.4) is 0 Å². The highest BCUT2D eigenvalue weighted by Gasteiger charge is 2.25. The van der Waals surface area contributed by atoms with Gasteiger partial charge >= 0.3 is 5.97 Å². The lowest BCUT2D eigenvalue weighted by molar-refractivity contribution is 0.0601. The van der Waals surface area contributed by atoms with E-state index in [1.54, 1.807) is 41.9 Å². The number of carbonyl (C=O) groups excluding carboxylic acids is 1. The van der Waals surface area contributed by atoms with Gasteiger partial charge in [0.1, 0.15) is 5.82 Å². The van der Waals surface area contributed by atoms with Gasteiger partial charge in [-0.1, -0.05) is 49.1 Å². The van der Waals surface area contributed by atoms with Gasteiger partial charge in [0.05, 0.1) is 17.6 Å². The van der Waals surface area contributed by atoms with Crippen molar-refractivity contribution in [3.63, 3.8) is 0 Å².